The van der Waals surface area contributed by atoms with Crippen molar-refractivity contribution in [2.75, 3.05) is 5.32 Å². The number of ether oxygens (including phenoxy) is 2. The smallest absolute Gasteiger partial charge is 0.419 e. The lowest BCUT2D eigenvalue weighted by atomic mass is 10.1. The molecule has 0 saturated heterocycles. The number of benzene rings is 2. The largest absolute Gasteiger partial charge is 0.456 e. The van der Waals surface area contributed by atoms with Gasteiger partial charge in [-0.05, 0) is 59.7 Å². The van der Waals surface area contributed by atoms with Gasteiger partial charge in [-0.15, -0.1) is 0 Å². The van der Waals surface area contributed by atoms with Gasteiger partial charge in [0.15, 0.2) is 0 Å². The van der Waals surface area contributed by atoms with Crippen molar-refractivity contribution in [3.8, 4) is 0 Å². The second-order valence-corrected chi connectivity index (χ2v) is 9.85. The minimum absolute atomic E-state index is 0.0692. The van der Waals surface area contributed by atoms with E-state index in [1.54, 1.807) is 59.7 Å². The van der Waals surface area contributed by atoms with E-state index in [0.29, 0.717) is 5.39 Å². The lowest BCUT2D eigenvalue weighted by molar-refractivity contribution is -0.384. The Balaban J connectivity index is 2.04. The maximum Gasteiger partial charge on any atom is 0.419 e. The fraction of sp³-hybridized carbons (Fsp3) is 0.320. The maximum absolute atomic E-state index is 13.3. The molecule has 3 aromatic rings. The average molecular weight is 482 g/mol. The number of hydrogen-bond donors (Lipinski definition) is 1. The second-order valence-electron chi connectivity index (χ2n) is 9.85. The summed E-state index contributed by atoms with van der Waals surface area (Å²) in [7, 11) is 0. The number of nitrogens with one attached hydrogen (secondary N) is 1. The SMILES string of the molecule is CC(C)(C)OC(=O)c1ccccc1NC(=O)c1cn(C(=O)OC(C)(C)C)c2cc([N+](=O)[O-])ccc12. The summed E-state index contributed by atoms with van der Waals surface area (Å²) >= 11 is 0. The molecular weight excluding hydrogens is 454 g/mol. The molecule has 10 nitrogen and oxygen atoms in total. The highest BCUT2D eigenvalue weighted by molar-refractivity contribution is 6.15. The first-order valence-electron chi connectivity index (χ1n) is 10.8. The molecular formula is C25H27N3O7. The number of anilines is 1. The monoisotopic (exact) mass is 481 g/mol. The molecule has 0 aliphatic rings. The lowest BCUT2D eigenvalue weighted by Gasteiger charge is -2.20. The summed E-state index contributed by atoms with van der Waals surface area (Å²) in [5.74, 6) is -1.23. The quantitative estimate of drug-likeness (QED) is 0.294. The molecule has 1 heterocycles. The standard InChI is InChI=1S/C25H27N3O7/c1-24(2,3)34-22(30)17-9-7-8-10-19(17)26-21(29)18-14-27(23(31)35-25(4,5)6)20-13-15(28(32)33)11-12-16(18)20/h7-14H,1-6H3,(H,26,29). The van der Waals surface area contributed by atoms with E-state index in [0.717, 1.165) is 4.57 Å². The molecule has 0 atom stereocenters. The zero-order valence-electron chi connectivity index (χ0n) is 20.4. The van der Waals surface area contributed by atoms with Crippen LogP contribution >= 0.6 is 0 Å². The zero-order chi connectivity index (χ0) is 26.1. The first-order valence-corrected chi connectivity index (χ1v) is 10.8. The van der Waals surface area contributed by atoms with Crippen LogP contribution in [0.15, 0.2) is 48.7 Å². The van der Waals surface area contributed by atoms with E-state index in [1.807, 2.05) is 0 Å². The summed E-state index contributed by atoms with van der Waals surface area (Å²) in [6.07, 6.45) is 0.463. The summed E-state index contributed by atoms with van der Waals surface area (Å²) in [6, 6.07) is 10.2. The molecule has 3 rings (SSSR count). The Hall–Kier alpha value is -4.21. The van der Waals surface area contributed by atoms with E-state index >= 15 is 0 Å². The van der Waals surface area contributed by atoms with Crippen LogP contribution in [-0.2, 0) is 9.47 Å². The Morgan fingerprint density at radius 1 is 0.914 bits per heavy atom. The first-order chi connectivity index (χ1) is 16.2. The maximum atomic E-state index is 13.3. The van der Waals surface area contributed by atoms with E-state index in [4.69, 9.17) is 9.47 Å². The molecule has 0 radical (unpaired) electrons. The highest BCUT2D eigenvalue weighted by Crippen LogP contribution is 2.28. The summed E-state index contributed by atoms with van der Waals surface area (Å²) in [6.45, 7) is 10.2. The minimum atomic E-state index is -0.830. The predicted octanol–water partition coefficient (Wildman–Crippen LogP) is 5.54. The summed E-state index contributed by atoms with van der Waals surface area (Å²) in [5, 5.41) is 14.3. The van der Waals surface area contributed by atoms with Crippen LogP contribution in [0, 0.1) is 10.1 Å². The number of rotatable bonds is 4. The molecule has 0 aliphatic carbocycles. The van der Waals surface area contributed by atoms with Crippen LogP contribution in [0.4, 0.5) is 16.2 Å². The number of nitro groups is 1. The van der Waals surface area contributed by atoms with Crippen molar-refractivity contribution >= 4 is 40.2 Å². The molecule has 184 valence electrons. The molecule has 1 amide bonds. The average Bonchev–Trinajstić information content (AvgIpc) is 3.10. The summed E-state index contributed by atoms with van der Waals surface area (Å²) in [4.78, 5) is 49.4. The van der Waals surface area contributed by atoms with Crippen LogP contribution in [-0.4, -0.2) is 38.7 Å². The van der Waals surface area contributed by atoms with Gasteiger partial charge in [0, 0.05) is 23.7 Å². The molecule has 1 N–H and O–H groups in total. The molecule has 0 spiro atoms. The molecule has 0 bridgehead atoms. The molecule has 1 aromatic heterocycles. The van der Waals surface area contributed by atoms with Crippen LogP contribution in [0.5, 0.6) is 0 Å². The molecule has 0 saturated carbocycles. The van der Waals surface area contributed by atoms with Crippen LogP contribution in [0.25, 0.3) is 10.9 Å². The Morgan fingerprint density at radius 3 is 2.14 bits per heavy atom. The third kappa shape index (κ3) is 6.03. The molecule has 0 unspecified atom stereocenters. The molecule has 10 heteroatoms. The number of aromatic nitrogens is 1. The number of amides is 1. The zero-order valence-corrected chi connectivity index (χ0v) is 20.4. The normalized spacial score (nSPS) is 11.7. The summed E-state index contributed by atoms with van der Waals surface area (Å²) < 4.78 is 11.9. The van der Waals surface area contributed by atoms with Crippen LogP contribution in [0.1, 0.15) is 62.3 Å². The lowest BCUT2D eigenvalue weighted by Crippen LogP contribution is -2.26. The number of hydrogen-bond acceptors (Lipinski definition) is 7. The Kier molecular flexibility index (Phi) is 6.68. The third-order valence-corrected chi connectivity index (χ3v) is 4.63. The minimum Gasteiger partial charge on any atom is -0.456 e. The van der Waals surface area contributed by atoms with E-state index < -0.39 is 34.1 Å². The number of carbonyl (C=O) groups is 3. The van der Waals surface area contributed by atoms with Crippen molar-refractivity contribution in [2.24, 2.45) is 0 Å². The fourth-order valence-electron chi connectivity index (χ4n) is 3.26. The van der Waals surface area contributed by atoms with Crippen molar-refractivity contribution in [1.82, 2.24) is 4.57 Å². The number of carbonyl (C=O) groups excluding carboxylic acids is 3. The third-order valence-electron chi connectivity index (χ3n) is 4.63. The van der Waals surface area contributed by atoms with E-state index in [1.165, 1.54) is 30.5 Å². The molecule has 2 aromatic carbocycles. The van der Waals surface area contributed by atoms with Gasteiger partial charge in [-0.1, -0.05) is 12.1 Å². The fourth-order valence-corrected chi connectivity index (χ4v) is 3.26. The van der Waals surface area contributed by atoms with Crippen LogP contribution in [0.2, 0.25) is 0 Å². The van der Waals surface area contributed by atoms with Crippen LogP contribution in [0.3, 0.4) is 0 Å². The number of non-ortho nitro benzene ring substituents is 1. The van der Waals surface area contributed by atoms with Gasteiger partial charge in [0.25, 0.3) is 11.6 Å². The highest BCUT2D eigenvalue weighted by atomic mass is 16.6. The molecule has 0 aliphatic heterocycles. The highest BCUT2D eigenvalue weighted by Gasteiger charge is 2.26. The molecule has 0 fully saturated rings. The van der Waals surface area contributed by atoms with Crippen molar-refractivity contribution in [3.63, 3.8) is 0 Å². The number of fused-ring (bicyclic) bond motifs is 1. The van der Waals surface area contributed by atoms with Crippen molar-refractivity contribution in [2.45, 2.75) is 52.7 Å². The topological polar surface area (TPSA) is 130 Å². The number of para-hydroxylation sites is 1. The Morgan fingerprint density at radius 2 is 1.54 bits per heavy atom. The van der Waals surface area contributed by atoms with Gasteiger partial charge in [-0.2, -0.15) is 0 Å². The van der Waals surface area contributed by atoms with E-state index in [2.05, 4.69) is 5.32 Å². The molecule has 35 heavy (non-hydrogen) atoms. The first kappa shape index (κ1) is 25.4. The Bertz CT molecular complexity index is 1330. The number of nitrogens with zero attached hydrogens (tertiary/aromatic N) is 2. The van der Waals surface area contributed by atoms with Gasteiger partial charge in [0.2, 0.25) is 0 Å². The van der Waals surface area contributed by atoms with Crippen molar-refractivity contribution < 1.29 is 28.8 Å². The number of esters is 1. The van der Waals surface area contributed by atoms with Crippen LogP contribution < -0.4 is 5.32 Å². The number of nitro benzene ring substituents is 1. The second kappa shape index (κ2) is 9.21. The predicted molar refractivity (Wildman–Crippen MR) is 130 cm³/mol. The van der Waals surface area contributed by atoms with E-state index in [-0.39, 0.29) is 28.0 Å². The van der Waals surface area contributed by atoms with E-state index in [9.17, 15) is 24.5 Å². The van der Waals surface area contributed by atoms with Gasteiger partial charge in [0.05, 0.1) is 27.3 Å². The van der Waals surface area contributed by atoms with Gasteiger partial charge in [-0.25, -0.2) is 9.59 Å². The van der Waals surface area contributed by atoms with Crippen molar-refractivity contribution in [3.05, 3.63) is 69.9 Å². The van der Waals surface area contributed by atoms with Gasteiger partial charge < -0.3 is 14.8 Å². The Labute approximate surface area is 202 Å². The van der Waals surface area contributed by atoms with Crippen molar-refractivity contribution in [1.29, 1.82) is 0 Å². The van der Waals surface area contributed by atoms with Gasteiger partial charge >= 0.3 is 12.1 Å². The summed E-state index contributed by atoms with van der Waals surface area (Å²) in [5.41, 5.74) is -1.23. The van der Waals surface area contributed by atoms with Gasteiger partial charge in [-0.3, -0.25) is 19.5 Å². The van der Waals surface area contributed by atoms with Gasteiger partial charge in [0.1, 0.15) is 11.2 Å².